The van der Waals surface area contributed by atoms with E-state index in [0.717, 1.165) is 22.3 Å². The lowest BCUT2D eigenvalue weighted by Gasteiger charge is -2.49. The summed E-state index contributed by atoms with van der Waals surface area (Å²) in [6.07, 6.45) is 0. The highest BCUT2D eigenvalue weighted by molar-refractivity contribution is 5.84. The lowest BCUT2D eigenvalue weighted by atomic mass is 9.54. The first-order valence-corrected chi connectivity index (χ1v) is 14.6. The van der Waals surface area contributed by atoms with Crippen molar-refractivity contribution in [1.82, 2.24) is 15.0 Å². The molecule has 42 heavy (non-hydrogen) atoms. The van der Waals surface area contributed by atoms with Crippen molar-refractivity contribution in [2.45, 2.75) is 38.5 Å². The van der Waals surface area contributed by atoms with Gasteiger partial charge in [0.15, 0.2) is 17.5 Å². The summed E-state index contributed by atoms with van der Waals surface area (Å²) in [5.41, 5.74) is 10.3. The molecule has 0 radical (unpaired) electrons. The molecule has 0 spiro atoms. The van der Waals surface area contributed by atoms with Crippen LogP contribution >= 0.6 is 0 Å². The molecule has 0 atom stereocenters. The Bertz CT molecular complexity index is 1900. The Balaban J connectivity index is 1.44. The van der Waals surface area contributed by atoms with Gasteiger partial charge in [-0.3, -0.25) is 0 Å². The lowest BCUT2D eigenvalue weighted by molar-refractivity contribution is 0.300. The van der Waals surface area contributed by atoms with E-state index >= 15 is 0 Å². The fourth-order valence-electron chi connectivity index (χ4n) is 6.33. The number of nitrogens with zero attached hydrogens (tertiary/aromatic N) is 3. The van der Waals surface area contributed by atoms with Crippen molar-refractivity contribution >= 4 is 0 Å². The summed E-state index contributed by atoms with van der Waals surface area (Å²) in [6, 6.07) is 44.5. The van der Waals surface area contributed by atoms with Crippen molar-refractivity contribution in [3.05, 3.63) is 139 Å². The summed E-state index contributed by atoms with van der Waals surface area (Å²) in [5.74, 6) is 2.05. The zero-order valence-corrected chi connectivity index (χ0v) is 24.5. The summed E-state index contributed by atoms with van der Waals surface area (Å²) in [4.78, 5) is 15.3. The molecular weight excluding hydrogens is 510 g/mol. The van der Waals surface area contributed by atoms with Gasteiger partial charge in [0.2, 0.25) is 0 Å². The molecule has 0 fully saturated rings. The maximum absolute atomic E-state index is 5.16. The quantitative estimate of drug-likeness (QED) is 0.222. The third-order valence-electron chi connectivity index (χ3n) is 9.30. The highest BCUT2D eigenvalue weighted by Gasteiger charge is 2.47. The summed E-state index contributed by atoms with van der Waals surface area (Å²) in [5, 5.41) is 0. The van der Waals surface area contributed by atoms with Crippen LogP contribution in [0.15, 0.2) is 127 Å². The molecule has 7 rings (SSSR count). The van der Waals surface area contributed by atoms with Gasteiger partial charge < -0.3 is 0 Å². The molecule has 0 aliphatic heterocycles. The maximum atomic E-state index is 5.16. The summed E-state index contributed by atoms with van der Waals surface area (Å²) >= 11 is 0. The molecule has 0 amide bonds. The normalized spacial score (nSPS) is 14.6. The largest absolute Gasteiger partial charge is 0.208 e. The first-order chi connectivity index (χ1) is 20.3. The average molecular weight is 544 g/mol. The Morgan fingerprint density at radius 3 is 1.48 bits per heavy atom. The molecule has 1 aromatic heterocycles. The van der Waals surface area contributed by atoms with Crippen LogP contribution in [0.4, 0.5) is 0 Å². The van der Waals surface area contributed by atoms with E-state index in [-0.39, 0.29) is 10.8 Å². The van der Waals surface area contributed by atoms with Crippen LogP contribution in [0, 0.1) is 0 Å². The van der Waals surface area contributed by atoms with Gasteiger partial charge in [0.25, 0.3) is 0 Å². The fourth-order valence-corrected chi connectivity index (χ4v) is 6.33. The van der Waals surface area contributed by atoms with Crippen molar-refractivity contribution < 1.29 is 0 Å². The molecule has 5 aromatic carbocycles. The predicted octanol–water partition coefficient (Wildman–Crippen LogP) is 9.78. The summed E-state index contributed by atoms with van der Waals surface area (Å²) in [6.45, 7) is 9.42. The van der Waals surface area contributed by atoms with Gasteiger partial charge >= 0.3 is 0 Å². The van der Waals surface area contributed by atoms with Crippen LogP contribution in [0.5, 0.6) is 0 Å². The van der Waals surface area contributed by atoms with E-state index < -0.39 is 0 Å². The van der Waals surface area contributed by atoms with Crippen LogP contribution in [0.1, 0.15) is 38.8 Å². The van der Waals surface area contributed by atoms with Crippen molar-refractivity contribution in [3.8, 4) is 56.4 Å². The lowest BCUT2D eigenvalue weighted by Crippen LogP contribution is -2.44. The second-order valence-electron chi connectivity index (χ2n) is 12.1. The van der Waals surface area contributed by atoms with E-state index in [2.05, 4.69) is 131 Å². The molecule has 1 aliphatic rings. The second-order valence-corrected chi connectivity index (χ2v) is 12.1. The first-order valence-electron chi connectivity index (χ1n) is 14.6. The first kappa shape index (κ1) is 26.0. The van der Waals surface area contributed by atoms with Gasteiger partial charge in [0, 0.05) is 22.1 Å². The third-order valence-corrected chi connectivity index (χ3v) is 9.30. The van der Waals surface area contributed by atoms with E-state index in [9.17, 15) is 0 Å². The van der Waals surface area contributed by atoms with Gasteiger partial charge in [-0.05, 0) is 38.8 Å². The van der Waals surface area contributed by atoms with E-state index in [1.54, 1.807) is 0 Å². The number of fused-ring (bicyclic) bond motifs is 3. The van der Waals surface area contributed by atoms with E-state index in [1.807, 2.05) is 24.3 Å². The van der Waals surface area contributed by atoms with Gasteiger partial charge in [-0.15, -0.1) is 0 Å². The standard InChI is InChI=1S/C39H33N3/c1-38(2)33-21-12-11-18-30(33)31-19-13-20-32(34(31)39(38,3)4)37-41-35(28-16-9-6-10-17-28)40-36(42-37)29-24-22-27(23-25-29)26-14-7-5-8-15-26/h5-25H,1-4H3. The van der Waals surface area contributed by atoms with Gasteiger partial charge in [0.1, 0.15) is 0 Å². The number of hydrogen-bond donors (Lipinski definition) is 0. The molecule has 6 aromatic rings. The van der Waals surface area contributed by atoms with Crippen molar-refractivity contribution in [2.75, 3.05) is 0 Å². The predicted molar refractivity (Wildman–Crippen MR) is 173 cm³/mol. The van der Waals surface area contributed by atoms with E-state index in [1.165, 1.54) is 27.8 Å². The molecule has 0 bridgehead atoms. The van der Waals surface area contributed by atoms with Crippen LogP contribution in [0.3, 0.4) is 0 Å². The minimum atomic E-state index is -0.176. The van der Waals surface area contributed by atoms with Gasteiger partial charge in [0.05, 0.1) is 0 Å². The molecule has 0 saturated heterocycles. The molecule has 1 aliphatic carbocycles. The molecule has 3 heteroatoms. The van der Waals surface area contributed by atoms with Crippen LogP contribution in [-0.4, -0.2) is 15.0 Å². The molecule has 0 unspecified atom stereocenters. The summed E-state index contributed by atoms with van der Waals surface area (Å²) < 4.78 is 0. The van der Waals surface area contributed by atoms with Crippen LogP contribution < -0.4 is 0 Å². The minimum Gasteiger partial charge on any atom is -0.208 e. The number of aromatic nitrogens is 3. The SMILES string of the molecule is CC1(C)c2ccccc2-c2cccc(-c3nc(-c4ccccc4)nc(-c4ccc(-c5ccccc5)cc4)n3)c2C1(C)C. The Morgan fingerprint density at radius 2 is 0.810 bits per heavy atom. The number of benzene rings is 5. The van der Waals surface area contributed by atoms with E-state index in [4.69, 9.17) is 15.0 Å². The van der Waals surface area contributed by atoms with Gasteiger partial charge in [-0.2, -0.15) is 0 Å². The zero-order valence-electron chi connectivity index (χ0n) is 24.5. The van der Waals surface area contributed by atoms with Crippen LogP contribution in [-0.2, 0) is 10.8 Å². The second kappa shape index (κ2) is 9.88. The number of hydrogen-bond acceptors (Lipinski definition) is 3. The maximum Gasteiger partial charge on any atom is 0.164 e. The average Bonchev–Trinajstić information content (AvgIpc) is 3.04. The monoisotopic (exact) mass is 543 g/mol. The van der Waals surface area contributed by atoms with Crippen molar-refractivity contribution in [1.29, 1.82) is 0 Å². The Morgan fingerprint density at radius 1 is 0.357 bits per heavy atom. The highest BCUT2D eigenvalue weighted by atomic mass is 15.0. The van der Waals surface area contributed by atoms with Gasteiger partial charge in [-0.25, -0.2) is 15.0 Å². The smallest absolute Gasteiger partial charge is 0.164 e. The van der Waals surface area contributed by atoms with E-state index in [0.29, 0.717) is 17.5 Å². The van der Waals surface area contributed by atoms with Gasteiger partial charge in [-0.1, -0.05) is 155 Å². The fraction of sp³-hybridized carbons (Fsp3) is 0.154. The Hall–Kier alpha value is -4.89. The summed E-state index contributed by atoms with van der Waals surface area (Å²) in [7, 11) is 0. The molecule has 0 saturated carbocycles. The minimum absolute atomic E-state index is 0.0991. The third kappa shape index (κ3) is 4.16. The molecule has 0 N–H and O–H groups in total. The van der Waals surface area contributed by atoms with Crippen LogP contribution in [0.2, 0.25) is 0 Å². The Labute approximate surface area is 248 Å². The highest BCUT2D eigenvalue weighted by Crippen LogP contribution is 2.55. The molecule has 3 nitrogen and oxygen atoms in total. The van der Waals surface area contributed by atoms with Crippen molar-refractivity contribution in [3.63, 3.8) is 0 Å². The number of rotatable bonds is 4. The molecule has 204 valence electrons. The molecule has 1 heterocycles. The Kier molecular flexibility index (Phi) is 6.13. The molecular formula is C39H33N3. The zero-order chi connectivity index (χ0) is 28.9. The topological polar surface area (TPSA) is 38.7 Å². The van der Waals surface area contributed by atoms with Crippen LogP contribution in [0.25, 0.3) is 56.4 Å². The van der Waals surface area contributed by atoms with Crippen molar-refractivity contribution in [2.24, 2.45) is 0 Å².